The molecular formula is C13H20N2O3. The van der Waals surface area contributed by atoms with E-state index in [1.54, 1.807) is 6.26 Å². The number of nitrogens with zero attached hydrogens (tertiary/aromatic N) is 1. The SMILES string of the molecule is NCC(c1ccco1)N1CCCC2(C1)OCCO2. The molecule has 0 saturated carbocycles. The molecule has 1 aromatic heterocycles. The zero-order valence-electron chi connectivity index (χ0n) is 10.5. The van der Waals surface area contributed by atoms with Gasteiger partial charge in [-0.25, -0.2) is 0 Å². The number of hydrogen-bond donors (Lipinski definition) is 1. The number of rotatable bonds is 3. The minimum absolute atomic E-state index is 0.116. The molecule has 0 amide bonds. The number of piperidine rings is 1. The second kappa shape index (κ2) is 5.01. The van der Waals surface area contributed by atoms with Crippen LogP contribution in [0.1, 0.15) is 24.6 Å². The number of ether oxygens (including phenoxy) is 2. The fourth-order valence-electron chi connectivity index (χ4n) is 2.94. The number of hydrogen-bond acceptors (Lipinski definition) is 5. The molecule has 2 aliphatic rings. The highest BCUT2D eigenvalue weighted by atomic mass is 16.7. The van der Waals surface area contributed by atoms with Crippen molar-refractivity contribution in [1.29, 1.82) is 0 Å². The molecule has 5 heteroatoms. The van der Waals surface area contributed by atoms with Crippen LogP contribution in [-0.2, 0) is 9.47 Å². The van der Waals surface area contributed by atoms with Crippen LogP contribution in [-0.4, -0.2) is 43.5 Å². The molecule has 1 spiro atoms. The van der Waals surface area contributed by atoms with Crippen molar-refractivity contribution in [2.24, 2.45) is 5.73 Å². The molecule has 100 valence electrons. The molecule has 0 aliphatic carbocycles. The van der Waals surface area contributed by atoms with Crippen molar-refractivity contribution in [2.45, 2.75) is 24.7 Å². The molecule has 2 aliphatic heterocycles. The van der Waals surface area contributed by atoms with Gasteiger partial charge in [-0.2, -0.15) is 0 Å². The first kappa shape index (κ1) is 12.2. The summed E-state index contributed by atoms with van der Waals surface area (Å²) in [5.41, 5.74) is 5.90. The molecule has 5 nitrogen and oxygen atoms in total. The highest BCUT2D eigenvalue weighted by Gasteiger charge is 2.42. The van der Waals surface area contributed by atoms with Crippen LogP contribution in [0.15, 0.2) is 22.8 Å². The second-order valence-corrected chi connectivity index (χ2v) is 4.95. The topological polar surface area (TPSA) is 60.9 Å². The Bertz CT molecular complexity index is 374. The van der Waals surface area contributed by atoms with Gasteiger partial charge in [-0.1, -0.05) is 0 Å². The summed E-state index contributed by atoms with van der Waals surface area (Å²) in [4.78, 5) is 2.31. The number of furan rings is 1. The fourth-order valence-corrected chi connectivity index (χ4v) is 2.94. The zero-order valence-corrected chi connectivity index (χ0v) is 10.5. The van der Waals surface area contributed by atoms with E-state index >= 15 is 0 Å². The maximum absolute atomic E-state index is 5.90. The lowest BCUT2D eigenvalue weighted by Gasteiger charge is -2.41. The van der Waals surface area contributed by atoms with Gasteiger partial charge in [0.25, 0.3) is 0 Å². The van der Waals surface area contributed by atoms with E-state index in [9.17, 15) is 0 Å². The van der Waals surface area contributed by atoms with Gasteiger partial charge < -0.3 is 19.6 Å². The van der Waals surface area contributed by atoms with Gasteiger partial charge in [0.05, 0.1) is 32.1 Å². The van der Waals surface area contributed by atoms with E-state index in [0.29, 0.717) is 19.8 Å². The molecule has 2 N–H and O–H groups in total. The van der Waals surface area contributed by atoms with Crippen LogP contribution in [0.3, 0.4) is 0 Å². The summed E-state index contributed by atoms with van der Waals surface area (Å²) in [5, 5.41) is 0. The van der Waals surface area contributed by atoms with Crippen LogP contribution in [0.5, 0.6) is 0 Å². The van der Waals surface area contributed by atoms with E-state index in [0.717, 1.165) is 31.7 Å². The third-order valence-electron chi connectivity index (χ3n) is 3.80. The molecule has 0 bridgehead atoms. The Morgan fingerprint density at radius 1 is 1.39 bits per heavy atom. The van der Waals surface area contributed by atoms with E-state index in [1.807, 2.05) is 12.1 Å². The average Bonchev–Trinajstić information content (AvgIpc) is 3.03. The maximum atomic E-state index is 5.90. The predicted molar refractivity (Wildman–Crippen MR) is 65.9 cm³/mol. The van der Waals surface area contributed by atoms with Gasteiger partial charge in [-0.05, 0) is 25.1 Å². The highest BCUT2D eigenvalue weighted by Crippen LogP contribution is 2.34. The van der Waals surface area contributed by atoms with Crippen molar-refractivity contribution in [2.75, 3.05) is 32.8 Å². The smallest absolute Gasteiger partial charge is 0.181 e. The third kappa shape index (κ3) is 2.19. The van der Waals surface area contributed by atoms with Crippen LogP contribution in [0.4, 0.5) is 0 Å². The molecule has 1 unspecified atom stereocenters. The molecule has 0 radical (unpaired) electrons. The normalized spacial score (nSPS) is 25.6. The Hall–Kier alpha value is -0.880. The molecule has 18 heavy (non-hydrogen) atoms. The Balaban J connectivity index is 1.74. The Morgan fingerprint density at radius 3 is 2.89 bits per heavy atom. The first-order valence-electron chi connectivity index (χ1n) is 6.58. The van der Waals surface area contributed by atoms with E-state index in [4.69, 9.17) is 19.6 Å². The summed E-state index contributed by atoms with van der Waals surface area (Å²) in [7, 11) is 0. The lowest BCUT2D eigenvalue weighted by Crippen LogP contribution is -2.51. The van der Waals surface area contributed by atoms with Gasteiger partial charge in [0, 0.05) is 13.0 Å². The van der Waals surface area contributed by atoms with Gasteiger partial charge in [0.15, 0.2) is 5.79 Å². The minimum Gasteiger partial charge on any atom is -0.468 e. The second-order valence-electron chi connectivity index (χ2n) is 4.95. The van der Waals surface area contributed by atoms with Crippen LogP contribution in [0.25, 0.3) is 0 Å². The Kier molecular flexibility index (Phi) is 3.39. The van der Waals surface area contributed by atoms with Crippen LogP contribution in [0, 0.1) is 0 Å². The average molecular weight is 252 g/mol. The van der Waals surface area contributed by atoms with Gasteiger partial charge in [0.2, 0.25) is 0 Å². The summed E-state index contributed by atoms with van der Waals surface area (Å²) in [5.74, 6) is 0.519. The molecule has 1 atom stereocenters. The first-order valence-corrected chi connectivity index (χ1v) is 6.58. The minimum atomic E-state index is -0.405. The monoisotopic (exact) mass is 252 g/mol. The van der Waals surface area contributed by atoms with Crippen molar-refractivity contribution in [1.82, 2.24) is 4.90 Å². The number of nitrogens with two attached hydrogens (primary N) is 1. The van der Waals surface area contributed by atoms with E-state index in [2.05, 4.69) is 4.90 Å². The van der Waals surface area contributed by atoms with E-state index in [1.165, 1.54) is 0 Å². The molecule has 3 heterocycles. The molecule has 2 saturated heterocycles. The number of likely N-dealkylation sites (tertiary alicyclic amines) is 1. The quantitative estimate of drug-likeness (QED) is 0.873. The summed E-state index contributed by atoms with van der Waals surface area (Å²) in [6, 6.07) is 4.00. The zero-order chi connectivity index (χ0) is 12.4. The van der Waals surface area contributed by atoms with Crippen molar-refractivity contribution < 1.29 is 13.9 Å². The van der Waals surface area contributed by atoms with Crippen molar-refractivity contribution in [3.63, 3.8) is 0 Å². The summed E-state index contributed by atoms with van der Waals surface area (Å²) in [6.07, 6.45) is 3.73. The van der Waals surface area contributed by atoms with E-state index < -0.39 is 5.79 Å². The maximum Gasteiger partial charge on any atom is 0.181 e. The summed E-state index contributed by atoms with van der Waals surface area (Å²) in [6.45, 7) is 3.72. The predicted octanol–water partition coefficient (Wildman–Crippen LogP) is 1.12. The molecule has 0 aromatic carbocycles. The summed E-state index contributed by atoms with van der Waals surface area (Å²) >= 11 is 0. The van der Waals surface area contributed by atoms with Crippen molar-refractivity contribution in [3.05, 3.63) is 24.2 Å². The highest BCUT2D eigenvalue weighted by molar-refractivity contribution is 5.06. The first-order chi connectivity index (χ1) is 8.83. The third-order valence-corrected chi connectivity index (χ3v) is 3.80. The van der Waals surface area contributed by atoms with Crippen LogP contribution >= 0.6 is 0 Å². The fraction of sp³-hybridized carbons (Fsp3) is 0.692. The van der Waals surface area contributed by atoms with Crippen LogP contribution < -0.4 is 5.73 Å². The standard InChI is InChI=1S/C13H20N2O3/c14-9-11(12-3-1-6-16-12)15-5-2-4-13(10-15)17-7-8-18-13/h1,3,6,11H,2,4-5,7-10,14H2. The van der Waals surface area contributed by atoms with E-state index in [-0.39, 0.29) is 6.04 Å². The van der Waals surface area contributed by atoms with Crippen LogP contribution in [0.2, 0.25) is 0 Å². The van der Waals surface area contributed by atoms with Crippen molar-refractivity contribution >= 4 is 0 Å². The lowest BCUT2D eigenvalue weighted by atomic mass is 10.0. The molecule has 1 aromatic rings. The molecular weight excluding hydrogens is 232 g/mol. The van der Waals surface area contributed by atoms with Gasteiger partial charge >= 0.3 is 0 Å². The summed E-state index contributed by atoms with van der Waals surface area (Å²) < 4.78 is 17.1. The van der Waals surface area contributed by atoms with Gasteiger partial charge in [-0.15, -0.1) is 0 Å². The van der Waals surface area contributed by atoms with Crippen molar-refractivity contribution in [3.8, 4) is 0 Å². The molecule has 2 fully saturated rings. The van der Waals surface area contributed by atoms with Gasteiger partial charge in [0.1, 0.15) is 5.76 Å². The molecule has 3 rings (SSSR count). The van der Waals surface area contributed by atoms with Gasteiger partial charge in [-0.3, -0.25) is 4.90 Å². The largest absolute Gasteiger partial charge is 0.468 e. The Labute approximate surface area is 107 Å². The Morgan fingerprint density at radius 2 is 2.22 bits per heavy atom. The lowest BCUT2D eigenvalue weighted by molar-refractivity contribution is -0.194.